The lowest BCUT2D eigenvalue weighted by Crippen LogP contribution is -2.09. The van der Waals surface area contributed by atoms with Crippen molar-refractivity contribution in [1.82, 2.24) is 24.9 Å². The molecule has 3 heterocycles. The van der Waals surface area contributed by atoms with Crippen molar-refractivity contribution in [2.75, 3.05) is 5.32 Å². The van der Waals surface area contributed by atoms with Gasteiger partial charge < -0.3 is 5.32 Å². The topological polar surface area (TPSA) is 76.5 Å². The summed E-state index contributed by atoms with van der Waals surface area (Å²) in [6.45, 7) is -0.769. The Bertz CT molecular complexity index is 934. The molecule has 134 valence electrons. The maximum absolute atomic E-state index is 12.7. The summed E-state index contributed by atoms with van der Waals surface area (Å²) in [5.74, 6) is -0.0420. The van der Waals surface area contributed by atoms with Crippen LogP contribution in [0.15, 0.2) is 36.5 Å². The monoisotopic (exact) mass is 384 g/mol. The van der Waals surface area contributed by atoms with Crippen molar-refractivity contribution in [3.63, 3.8) is 0 Å². The van der Waals surface area contributed by atoms with E-state index in [1.54, 1.807) is 12.1 Å². The van der Waals surface area contributed by atoms with Crippen LogP contribution in [0.2, 0.25) is 5.28 Å². The van der Waals surface area contributed by atoms with Crippen LogP contribution in [-0.4, -0.2) is 24.9 Å². The van der Waals surface area contributed by atoms with Gasteiger partial charge in [-0.25, -0.2) is 9.37 Å². The first kappa shape index (κ1) is 17.9. The van der Waals surface area contributed by atoms with E-state index in [0.717, 1.165) is 12.3 Å². The molecule has 3 aromatic heterocycles. The molecule has 0 aliphatic carbocycles. The van der Waals surface area contributed by atoms with E-state index in [1.165, 1.54) is 12.1 Å². The third-order valence-corrected chi connectivity index (χ3v) is 3.26. The molecule has 3 rings (SSSR count). The van der Waals surface area contributed by atoms with E-state index in [2.05, 4.69) is 30.2 Å². The molecule has 0 amide bonds. The molecule has 0 fully saturated rings. The molecule has 0 saturated carbocycles. The zero-order valence-electron chi connectivity index (χ0n) is 12.8. The average molecular weight is 385 g/mol. The van der Waals surface area contributed by atoms with Crippen LogP contribution in [-0.2, 0) is 12.9 Å². The molecule has 6 nitrogen and oxygen atoms in total. The van der Waals surface area contributed by atoms with Gasteiger partial charge >= 0.3 is 6.18 Å². The lowest BCUT2D eigenvalue weighted by atomic mass is 10.3. The number of halogens is 5. The molecule has 0 unspecified atom stereocenters. The smallest absolute Gasteiger partial charge is 0.324 e. The first-order chi connectivity index (χ1) is 12.3. The first-order valence-corrected chi connectivity index (χ1v) is 7.47. The van der Waals surface area contributed by atoms with Crippen molar-refractivity contribution in [2.45, 2.75) is 12.9 Å². The van der Waals surface area contributed by atoms with Gasteiger partial charge in [0.2, 0.25) is 11.2 Å². The minimum Gasteiger partial charge on any atom is -0.324 e. The highest BCUT2D eigenvalue weighted by atomic mass is 35.5. The van der Waals surface area contributed by atoms with Crippen LogP contribution in [0.25, 0.3) is 11.5 Å². The summed E-state index contributed by atoms with van der Waals surface area (Å²) in [6.07, 6.45) is -3.59. The molecule has 0 radical (unpaired) electrons. The van der Waals surface area contributed by atoms with E-state index in [4.69, 9.17) is 11.6 Å². The van der Waals surface area contributed by atoms with Crippen molar-refractivity contribution in [1.29, 1.82) is 0 Å². The normalized spacial score (nSPS) is 11.4. The van der Waals surface area contributed by atoms with Gasteiger partial charge in [-0.05, 0) is 35.9 Å². The minimum absolute atomic E-state index is 0.0490. The van der Waals surface area contributed by atoms with E-state index in [9.17, 15) is 17.6 Å². The van der Waals surface area contributed by atoms with Crippen molar-refractivity contribution in [3.8, 4) is 11.5 Å². The summed E-state index contributed by atoms with van der Waals surface area (Å²) in [5, 5.41) is 2.41. The Balaban J connectivity index is 1.93. The highest BCUT2D eigenvalue weighted by molar-refractivity contribution is 6.28. The van der Waals surface area contributed by atoms with Gasteiger partial charge in [-0.2, -0.15) is 28.1 Å². The van der Waals surface area contributed by atoms with Gasteiger partial charge in [0.15, 0.2) is 5.82 Å². The lowest BCUT2D eigenvalue weighted by molar-refractivity contribution is -0.141. The number of hydrogen-bond acceptors (Lipinski definition) is 6. The van der Waals surface area contributed by atoms with E-state index >= 15 is 0 Å². The quantitative estimate of drug-likeness (QED) is 0.679. The van der Waals surface area contributed by atoms with Gasteiger partial charge in [0.25, 0.3) is 0 Å². The van der Waals surface area contributed by atoms with Gasteiger partial charge in [0, 0.05) is 11.9 Å². The highest BCUT2D eigenvalue weighted by Gasteiger charge is 2.32. The van der Waals surface area contributed by atoms with Gasteiger partial charge in [-0.1, -0.05) is 6.07 Å². The van der Waals surface area contributed by atoms with Gasteiger partial charge in [0.1, 0.15) is 18.1 Å². The Morgan fingerprint density at radius 1 is 1.04 bits per heavy atom. The summed E-state index contributed by atoms with van der Waals surface area (Å²) in [6, 6.07) is 6.72. The van der Waals surface area contributed by atoms with Crippen molar-refractivity contribution >= 4 is 23.2 Å². The molecule has 26 heavy (non-hydrogen) atoms. The fourth-order valence-electron chi connectivity index (χ4n) is 1.99. The molecule has 3 aromatic rings. The summed E-state index contributed by atoms with van der Waals surface area (Å²) in [4.78, 5) is 19.1. The maximum Gasteiger partial charge on any atom is 0.433 e. The third-order valence-electron chi connectivity index (χ3n) is 3.09. The Hall–Kier alpha value is -2.88. The average Bonchev–Trinajstić information content (AvgIpc) is 2.61. The predicted octanol–water partition coefficient (Wildman–Crippen LogP) is 4.21. The van der Waals surface area contributed by atoms with Gasteiger partial charge in [0.05, 0.1) is 5.69 Å². The molecule has 0 spiro atoms. The lowest BCUT2D eigenvalue weighted by Gasteiger charge is -2.09. The third kappa shape index (κ3) is 4.20. The molecule has 11 heteroatoms. The van der Waals surface area contributed by atoms with Crippen LogP contribution in [0.3, 0.4) is 0 Å². The number of hydrogen-bond donors (Lipinski definition) is 1. The molecule has 0 saturated heterocycles. The van der Waals surface area contributed by atoms with Crippen molar-refractivity contribution in [3.05, 3.63) is 53.2 Å². The van der Waals surface area contributed by atoms with Gasteiger partial charge in [-0.15, -0.1) is 0 Å². The molecule has 0 atom stereocenters. The summed E-state index contributed by atoms with van der Waals surface area (Å²) < 4.78 is 51.0. The van der Waals surface area contributed by atoms with Gasteiger partial charge in [-0.3, -0.25) is 4.98 Å². The van der Waals surface area contributed by atoms with E-state index in [0.29, 0.717) is 0 Å². The second-order valence-electron chi connectivity index (χ2n) is 4.95. The van der Waals surface area contributed by atoms with Crippen molar-refractivity contribution in [2.24, 2.45) is 0 Å². The first-order valence-electron chi connectivity index (χ1n) is 7.09. The number of rotatable bonds is 4. The SMILES string of the molecule is FCc1cccc(-c2nc(Cl)nc(Nc3ccnc(C(F)(F)F)c3)n2)n1. The molecule has 0 aliphatic heterocycles. The van der Waals surface area contributed by atoms with Crippen molar-refractivity contribution < 1.29 is 17.6 Å². The van der Waals surface area contributed by atoms with Crippen LogP contribution in [0, 0.1) is 0 Å². The highest BCUT2D eigenvalue weighted by Crippen LogP contribution is 2.29. The summed E-state index contributed by atoms with van der Waals surface area (Å²) in [5.41, 5.74) is -0.582. The Kier molecular flexibility index (Phi) is 4.94. The molecule has 0 bridgehead atoms. The van der Waals surface area contributed by atoms with Crippen LogP contribution in [0.5, 0.6) is 0 Å². The van der Waals surface area contributed by atoms with Crippen LogP contribution in [0.4, 0.5) is 29.2 Å². The molecule has 0 aromatic carbocycles. The van der Waals surface area contributed by atoms with Crippen LogP contribution >= 0.6 is 11.6 Å². The summed E-state index contributed by atoms with van der Waals surface area (Å²) >= 11 is 5.85. The standard InChI is InChI=1S/C15H9ClF4N6/c16-13-24-12(10-3-1-2-9(7-17)22-10)25-14(26-13)23-8-4-5-21-11(6-8)15(18,19)20/h1-6H,7H2,(H,21,23,24,25,26). The summed E-state index contributed by atoms with van der Waals surface area (Å²) in [7, 11) is 0. The maximum atomic E-state index is 12.7. The van der Waals surface area contributed by atoms with Crippen LogP contribution < -0.4 is 5.32 Å². The number of aromatic nitrogens is 5. The molecular formula is C15H9ClF4N6. The predicted molar refractivity (Wildman–Crippen MR) is 85.4 cm³/mol. The number of nitrogens with zero attached hydrogens (tertiary/aromatic N) is 5. The zero-order valence-corrected chi connectivity index (χ0v) is 13.6. The fraction of sp³-hybridized carbons (Fsp3) is 0.133. The number of anilines is 2. The number of pyridine rings is 2. The van der Waals surface area contributed by atoms with Crippen LogP contribution in [0.1, 0.15) is 11.4 Å². The molecule has 0 aliphatic rings. The Morgan fingerprint density at radius 3 is 2.58 bits per heavy atom. The Morgan fingerprint density at radius 2 is 1.85 bits per heavy atom. The fourth-order valence-corrected chi connectivity index (χ4v) is 2.15. The second kappa shape index (κ2) is 7.16. The number of nitrogens with one attached hydrogen (secondary N) is 1. The largest absolute Gasteiger partial charge is 0.433 e. The van der Waals surface area contributed by atoms with E-state index in [-0.39, 0.29) is 34.1 Å². The van der Waals surface area contributed by atoms with E-state index < -0.39 is 18.5 Å². The Labute approximate surface area is 149 Å². The zero-order chi connectivity index (χ0) is 18.7. The molecular weight excluding hydrogens is 376 g/mol. The second-order valence-corrected chi connectivity index (χ2v) is 5.29. The number of alkyl halides is 4. The van der Waals surface area contributed by atoms with E-state index in [1.807, 2.05) is 0 Å². The minimum atomic E-state index is -4.59. The molecule has 1 N–H and O–H groups in total.